The van der Waals surface area contributed by atoms with Crippen molar-refractivity contribution in [3.63, 3.8) is 0 Å². The summed E-state index contributed by atoms with van der Waals surface area (Å²) < 4.78 is 11.1. The van der Waals surface area contributed by atoms with Crippen molar-refractivity contribution >= 4 is 33.4 Å². The number of halogens is 1. The molecule has 0 aliphatic heterocycles. The van der Waals surface area contributed by atoms with E-state index in [0.29, 0.717) is 24.9 Å². The molecular weight excluding hydrogens is 336 g/mol. The lowest BCUT2D eigenvalue weighted by molar-refractivity contribution is 0.210. The molecule has 0 saturated heterocycles. The third kappa shape index (κ3) is 4.30. The summed E-state index contributed by atoms with van der Waals surface area (Å²) in [6.45, 7) is 1.27. The fraction of sp³-hybridized carbons (Fsp3) is 0.286. The van der Waals surface area contributed by atoms with E-state index in [0.717, 1.165) is 15.9 Å². The predicted molar refractivity (Wildman–Crippen MR) is 86.4 cm³/mol. The van der Waals surface area contributed by atoms with Gasteiger partial charge in [-0.1, -0.05) is 12.1 Å². The zero-order valence-electron chi connectivity index (χ0n) is 11.9. The van der Waals surface area contributed by atoms with Crippen molar-refractivity contribution in [2.75, 3.05) is 38.0 Å². The van der Waals surface area contributed by atoms with E-state index in [4.69, 9.17) is 9.47 Å². The van der Waals surface area contributed by atoms with E-state index < -0.39 is 0 Å². The molecule has 7 heteroatoms. The molecule has 112 valence electrons. The molecule has 0 aliphatic rings. The molecule has 2 aromatic rings. The van der Waals surface area contributed by atoms with E-state index >= 15 is 0 Å². The first-order valence-electron chi connectivity index (χ1n) is 6.40. The van der Waals surface area contributed by atoms with Gasteiger partial charge in [0.15, 0.2) is 0 Å². The second-order valence-corrected chi connectivity index (χ2v) is 4.99. The van der Waals surface area contributed by atoms with Crippen LogP contribution in [0.4, 0.5) is 17.5 Å². The first-order chi connectivity index (χ1) is 10.2. The minimum Gasteiger partial charge on any atom is -0.495 e. The summed E-state index contributed by atoms with van der Waals surface area (Å²) in [7, 11) is 3.28. The second kappa shape index (κ2) is 7.80. The predicted octanol–water partition coefficient (Wildman–Crippen LogP) is 3.05. The smallest absolute Gasteiger partial charge is 0.229 e. The van der Waals surface area contributed by atoms with Crippen LogP contribution in [0.15, 0.2) is 34.9 Å². The first-order valence-corrected chi connectivity index (χ1v) is 7.19. The maximum absolute atomic E-state index is 5.29. The largest absolute Gasteiger partial charge is 0.495 e. The van der Waals surface area contributed by atoms with Crippen LogP contribution in [0.5, 0.6) is 5.75 Å². The Hall–Kier alpha value is -1.86. The number of ether oxygens (including phenoxy) is 2. The average molecular weight is 353 g/mol. The van der Waals surface area contributed by atoms with Gasteiger partial charge in [-0.25, -0.2) is 4.98 Å². The van der Waals surface area contributed by atoms with E-state index in [1.807, 2.05) is 24.3 Å². The van der Waals surface area contributed by atoms with Crippen LogP contribution in [0, 0.1) is 0 Å². The quantitative estimate of drug-likeness (QED) is 0.746. The Morgan fingerprint density at radius 2 is 2.05 bits per heavy atom. The SMILES string of the molecule is COCCNc1nc(Nc2ccccc2OC)ncc1Br. The highest BCUT2D eigenvalue weighted by atomic mass is 79.9. The van der Waals surface area contributed by atoms with Crippen LogP contribution >= 0.6 is 15.9 Å². The minimum atomic E-state index is 0.489. The van der Waals surface area contributed by atoms with E-state index in [1.165, 1.54) is 0 Å². The van der Waals surface area contributed by atoms with Crippen molar-refractivity contribution in [1.29, 1.82) is 0 Å². The lowest BCUT2D eigenvalue weighted by Crippen LogP contribution is -2.10. The van der Waals surface area contributed by atoms with Crippen LogP contribution in [0.25, 0.3) is 0 Å². The number of nitrogens with one attached hydrogen (secondary N) is 2. The van der Waals surface area contributed by atoms with E-state index in [1.54, 1.807) is 20.4 Å². The molecule has 0 aliphatic carbocycles. The summed E-state index contributed by atoms with van der Waals surface area (Å²) in [4.78, 5) is 8.67. The molecule has 0 bridgehead atoms. The number of methoxy groups -OCH3 is 2. The highest BCUT2D eigenvalue weighted by Crippen LogP contribution is 2.27. The molecule has 6 nitrogen and oxygen atoms in total. The van der Waals surface area contributed by atoms with Crippen LogP contribution in [0.2, 0.25) is 0 Å². The van der Waals surface area contributed by atoms with Gasteiger partial charge in [0.1, 0.15) is 11.6 Å². The molecule has 0 amide bonds. The van der Waals surface area contributed by atoms with Crippen molar-refractivity contribution in [1.82, 2.24) is 9.97 Å². The Kier molecular flexibility index (Phi) is 5.77. The van der Waals surface area contributed by atoms with Gasteiger partial charge in [-0.2, -0.15) is 4.98 Å². The van der Waals surface area contributed by atoms with Gasteiger partial charge >= 0.3 is 0 Å². The third-order valence-corrected chi connectivity index (χ3v) is 3.28. The van der Waals surface area contributed by atoms with Crippen molar-refractivity contribution in [3.8, 4) is 5.75 Å². The zero-order valence-corrected chi connectivity index (χ0v) is 13.5. The van der Waals surface area contributed by atoms with Gasteiger partial charge in [-0.3, -0.25) is 0 Å². The van der Waals surface area contributed by atoms with Crippen LogP contribution in [-0.4, -0.2) is 37.3 Å². The number of rotatable bonds is 7. The molecule has 21 heavy (non-hydrogen) atoms. The number of hydrogen-bond donors (Lipinski definition) is 2. The highest BCUT2D eigenvalue weighted by molar-refractivity contribution is 9.10. The molecule has 0 spiro atoms. The maximum Gasteiger partial charge on any atom is 0.229 e. The van der Waals surface area contributed by atoms with Crippen LogP contribution in [-0.2, 0) is 4.74 Å². The van der Waals surface area contributed by atoms with Gasteiger partial charge in [0, 0.05) is 19.9 Å². The summed E-state index contributed by atoms with van der Waals surface area (Å²) in [5, 5.41) is 6.32. The van der Waals surface area contributed by atoms with Gasteiger partial charge in [0.2, 0.25) is 5.95 Å². The van der Waals surface area contributed by atoms with E-state index in [2.05, 4.69) is 36.5 Å². The monoisotopic (exact) mass is 352 g/mol. The minimum absolute atomic E-state index is 0.489. The van der Waals surface area contributed by atoms with Gasteiger partial charge in [-0.05, 0) is 28.1 Å². The Morgan fingerprint density at radius 1 is 1.24 bits per heavy atom. The number of aromatic nitrogens is 2. The Labute approximate surface area is 132 Å². The lowest BCUT2D eigenvalue weighted by atomic mass is 10.3. The molecule has 1 heterocycles. The molecular formula is C14H17BrN4O2. The van der Waals surface area contributed by atoms with Gasteiger partial charge in [-0.15, -0.1) is 0 Å². The van der Waals surface area contributed by atoms with Crippen molar-refractivity contribution in [2.24, 2.45) is 0 Å². The number of anilines is 3. The molecule has 0 unspecified atom stereocenters. The zero-order chi connectivity index (χ0) is 15.1. The standard InChI is InChI=1S/C14H17BrN4O2/c1-20-8-7-16-13-10(15)9-17-14(19-13)18-11-5-3-4-6-12(11)21-2/h3-6,9H,7-8H2,1-2H3,(H2,16,17,18,19). The second-order valence-electron chi connectivity index (χ2n) is 4.14. The summed E-state index contributed by atoms with van der Waals surface area (Å²) in [6.07, 6.45) is 1.69. The molecule has 1 aromatic carbocycles. The molecule has 1 aromatic heterocycles. The Balaban J connectivity index is 2.15. The molecule has 2 N–H and O–H groups in total. The molecule has 0 saturated carbocycles. The number of para-hydroxylation sites is 2. The summed E-state index contributed by atoms with van der Waals surface area (Å²) in [6, 6.07) is 7.60. The number of benzene rings is 1. The van der Waals surface area contributed by atoms with Crippen LogP contribution < -0.4 is 15.4 Å². The Morgan fingerprint density at radius 3 is 2.81 bits per heavy atom. The van der Waals surface area contributed by atoms with E-state index in [-0.39, 0.29) is 0 Å². The number of hydrogen-bond acceptors (Lipinski definition) is 6. The highest BCUT2D eigenvalue weighted by Gasteiger charge is 2.07. The third-order valence-electron chi connectivity index (χ3n) is 2.70. The fourth-order valence-corrected chi connectivity index (χ4v) is 2.02. The summed E-state index contributed by atoms with van der Waals surface area (Å²) in [5.74, 6) is 1.93. The summed E-state index contributed by atoms with van der Waals surface area (Å²) in [5.41, 5.74) is 0.810. The molecule has 0 fully saturated rings. The number of nitrogens with zero attached hydrogens (tertiary/aromatic N) is 2. The fourth-order valence-electron chi connectivity index (χ4n) is 1.69. The average Bonchev–Trinajstić information content (AvgIpc) is 2.51. The Bertz CT molecular complexity index is 595. The van der Waals surface area contributed by atoms with Gasteiger partial charge in [0.05, 0.1) is 23.9 Å². The van der Waals surface area contributed by atoms with Crippen molar-refractivity contribution in [2.45, 2.75) is 0 Å². The topological polar surface area (TPSA) is 68.3 Å². The van der Waals surface area contributed by atoms with E-state index in [9.17, 15) is 0 Å². The molecule has 0 radical (unpaired) electrons. The van der Waals surface area contributed by atoms with Gasteiger partial charge in [0.25, 0.3) is 0 Å². The molecule has 2 rings (SSSR count). The maximum atomic E-state index is 5.29. The first kappa shape index (κ1) is 15.5. The van der Waals surface area contributed by atoms with Crippen LogP contribution in [0.1, 0.15) is 0 Å². The van der Waals surface area contributed by atoms with Crippen LogP contribution in [0.3, 0.4) is 0 Å². The molecule has 0 atom stereocenters. The lowest BCUT2D eigenvalue weighted by Gasteiger charge is -2.12. The normalized spacial score (nSPS) is 10.2. The van der Waals surface area contributed by atoms with Crippen molar-refractivity contribution in [3.05, 3.63) is 34.9 Å². The van der Waals surface area contributed by atoms with Gasteiger partial charge < -0.3 is 20.1 Å². The summed E-state index contributed by atoms with van der Waals surface area (Å²) >= 11 is 3.42. The van der Waals surface area contributed by atoms with Crippen molar-refractivity contribution < 1.29 is 9.47 Å².